The third-order valence-corrected chi connectivity index (χ3v) is 2.76. The van der Waals surface area contributed by atoms with E-state index in [9.17, 15) is 0 Å². The summed E-state index contributed by atoms with van der Waals surface area (Å²) in [5.41, 5.74) is 2.97. The third-order valence-electron chi connectivity index (χ3n) is 2.07. The average Bonchev–Trinajstić information content (AvgIpc) is 2.62. The number of nitrogens with one attached hydrogen (secondary N) is 1. The number of aromatic amines is 1. The van der Waals surface area contributed by atoms with Gasteiger partial charge in [0.15, 0.2) is 0 Å². The Morgan fingerprint density at radius 2 is 2.21 bits per heavy atom. The van der Waals surface area contributed by atoms with Gasteiger partial charge in [0.25, 0.3) is 0 Å². The molecular formula is C9H12N4S. The van der Waals surface area contributed by atoms with Gasteiger partial charge >= 0.3 is 0 Å². The predicted molar refractivity (Wildman–Crippen MR) is 57.5 cm³/mol. The van der Waals surface area contributed by atoms with Gasteiger partial charge in [0.2, 0.25) is 0 Å². The van der Waals surface area contributed by atoms with Crippen molar-refractivity contribution in [3.8, 4) is 0 Å². The Morgan fingerprint density at radius 1 is 1.36 bits per heavy atom. The Morgan fingerprint density at radius 3 is 2.93 bits per heavy atom. The van der Waals surface area contributed by atoms with E-state index in [1.54, 1.807) is 18.1 Å². The van der Waals surface area contributed by atoms with E-state index in [0.717, 1.165) is 34.6 Å². The van der Waals surface area contributed by atoms with Crippen molar-refractivity contribution < 1.29 is 0 Å². The van der Waals surface area contributed by atoms with Crippen molar-refractivity contribution in [3.63, 3.8) is 0 Å². The van der Waals surface area contributed by atoms with Crippen molar-refractivity contribution in [1.82, 2.24) is 20.2 Å². The molecule has 0 aliphatic rings. The molecule has 0 aliphatic heterocycles. The van der Waals surface area contributed by atoms with Gasteiger partial charge < -0.3 is 0 Å². The molecule has 0 saturated carbocycles. The van der Waals surface area contributed by atoms with Crippen LogP contribution in [0.5, 0.6) is 0 Å². The van der Waals surface area contributed by atoms with Gasteiger partial charge in [-0.1, -0.05) is 13.3 Å². The lowest BCUT2D eigenvalue weighted by atomic mass is 10.2. The summed E-state index contributed by atoms with van der Waals surface area (Å²) in [6.45, 7) is 2.14. The molecular weight excluding hydrogens is 196 g/mol. The monoisotopic (exact) mass is 208 g/mol. The van der Waals surface area contributed by atoms with Crippen LogP contribution in [0.2, 0.25) is 0 Å². The zero-order valence-electron chi connectivity index (χ0n) is 8.24. The van der Waals surface area contributed by atoms with Crippen LogP contribution in [-0.4, -0.2) is 26.4 Å². The number of fused-ring (bicyclic) bond motifs is 1. The Bertz CT molecular complexity index is 437. The van der Waals surface area contributed by atoms with E-state index < -0.39 is 0 Å². The molecule has 0 aliphatic carbocycles. The number of rotatable bonds is 3. The van der Waals surface area contributed by atoms with Crippen LogP contribution in [0.3, 0.4) is 0 Å². The minimum atomic E-state index is 0.892. The largest absolute Gasteiger partial charge is 0.280 e. The summed E-state index contributed by atoms with van der Waals surface area (Å²) in [5, 5.41) is 8.20. The highest BCUT2D eigenvalue weighted by Gasteiger charge is 2.09. The molecule has 2 rings (SSSR count). The van der Waals surface area contributed by atoms with Crippen molar-refractivity contribution >= 4 is 22.8 Å². The highest BCUT2D eigenvalue weighted by molar-refractivity contribution is 7.98. The molecule has 0 atom stereocenters. The van der Waals surface area contributed by atoms with Crippen LogP contribution in [0.4, 0.5) is 0 Å². The van der Waals surface area contributed by atoms with Gasteiger partial charge in [-0.25, -0.2) is 9.97 Å². The van der Waals surface area contributed by atoms with E-state index in [2.05, 4.69) is 27.1 Å². The summed E-state index contributed by atoms with van der Waals surface area (Å²) in [4.78, 5) is 8.42. The molecule has 74 valence electrons. The van der Waals surface area contributed by atoms with Crippen molar-refractivity contribution in [1.29, 1.82) is 0 Å². The molecule has 0 bridgehead atoms. The molecule has 0 radical (unpaired) electrons. The van der Waals surface area contributed by atoms with Crippen molar-refractivity contribution in [3.05, 3.63) is 12.0 Å². The molecule has 0 fully saturated rings. The summed E-state index contributed by atoms with van der Waals surface area (Å²) >= 11 is 1.60. The second kappa shape index (κ2) is 3.96. The zero-order valence-corrected chi connectivity index (χ0v) is 9.06. The van der Waals surface area contributed by atoms with Crippen molar-refractivity contribution in [2.24, 2.45) is 0 Å². The van der Waals surface area contributed by atoms with E-state index >= 15 is 0 Å². The normalized spacial score (nSPS) is 11.0. The first-order valence-electron chi connectivity index (χ1n) is 4.58. The highest BCUT2D eigenvalue weighted by atomic mass is 32.2. The molecule has 5 heteroatoms. The lowest BCUT2D eigenvalue weighted by Crippen LogP contribution is -1.87. The summed E-state index contributed by atoms with van der Waals surface area (Å²) < 4.78 is 0. The van der Waals surface area contributed by atoms with E-state index in [4.69, 9.17) is 0 Å². The fourth-order valence-electron chi connectivity index (χ4n) is 1.43. The van der Waals surface area contributed by atoms with E-state index in [-0.39, 0.29) is 0 Å². The molecule has 2 aromatic rings. The van der Waals surface area contributed by atoms with Gasteiger partial charge in [-0.15, -0.1) is 11.8 Å². The summed E-state index contributed by atoms with van der Waals surface area (Å²) in [7, 11) is 0. The molecule has 2 aromatic heterocycles. The average molecular weight is 208 g/mol. The maximum Gasteiger partial charge on any atom is 0.143 e. The minimum Gasteiger partial charge on any atom is -0.280 e. The Labute approximate surface area is 86.5 Å². The smallest absolute Gasteiger partial charge is 0.143 e. The Balaban J connectivity index is 2.57. The molecule has 0 aromatic carbocycles. The zero-order chi connectivity index (χ0) is 9.97. The van der Waals surface area contributed by atoms with Crippen LogP contribution in [0.1, 0.15) is 19.0 Å². The first kappa shape index (κ1) is 9.45. The van der Waals surface area contributed by atoms with Gasteiger partial charge in [-0.05, 0) is 12.7 Å². The summed E-state index contributed by atoms with van der Waals surface area (Å²) in [6, 6.07) is 0. The van der Waals surface area contributed by atoms with Crippen LogP contribution in [0, 0.1) is 0 Å². The fraction of sp³-hybridized carbons (Fsp3) is 0.444. The molecule has 0 spiro atoms. The molecule has 2 heterocycles. The number of hydrogen-bond donors (Lipinski definition) is 1. The summed E-state index contributed by atoms with van der Waals surface area (Å²) in [5.74, 6) is 0. The van der Waals surface area contributed by atoms with E-state index in [0.29, 0.717) is 0 Å². The van der Waals surface area contributed by atoms with Crippen LogP contribution in [-0.2, 0) is 6.42 Å². The van der Waals surface area contributed by atoms with Gasteiger partial charge in [0.1, 0.15) is 22.4 Å². The Hall–Kier alpha value is -1.10. The molecule has 1 N–H and O–H groups in total. The minimum absolute atomic E-state index is 0.892. The van der Waals surface area contributed by atoms with Crippen LogP contribution >= 0.6 is 11.8 Å². The number of nitrogens with zero attached hydrogens (tertiary/aromatic N) is 3. The Kier molecular flexibility index (Phi) is 2.67. The third kappa shape index (κ3) is 1.48. The number of thioether (sulfide) groups is 1. The molecule has 0 unspecified atom stereocenters. The fourth-order valence-corrected chi connectivity index (χ4v) is 1.92. The molecule has 4 nitrogen and oxygen atoms in total. The summed E-state index contributed by atoms with van der Waals surface area (Å²) in [6.07, 6.45) is 5.68. The first-order valence-corrected chi connectivity index (χ1v) is 5.81. The van der Waals surface area contributed by atoms with Gasteiger partial charge in [0, 0.05) is 0 Å². The van der Waals surface area contributed by atoms with Crippen LogP contribution in [0.25, 0.3) is 11.0 Å². The van der Waals surface area contributed by atoms with Crippen molar-refractivity contribution in [2.45, 2.75) is 24.8 Å². The number of hydrogen-bond acceptors (Lipinski definition) is 4. The standard InChI is InChI=1S/C9H12N4S/c1-3-4-6-7-8(13-12-6)9(14-2)11-5-10-7/h5H,3-4H2,1-2H3,(H,12,13). The molecule has 0 saturated heterocycles. The first-order chi connectivity index (χ1) is 6.86. The number of aryl methyl sites for hydroxylation is 1. The van der Waals surface area contributed by atoms with Gasteiger partial charge in [-0.2, -0.15) is 5.10 Å². The molecule has 0 amide bonds. The van der Waals surface area contributed by atoms with E-state index in [1.165, 1.54) is 0 Å². The number of aromatic nitrogens is 4. The second-order valence-corrected chi connectivity index (χ2v) is 3.83. The van der Waals surface area contributed by atoms with E-state index in [1.807, 2.05) is 6.26 Å². The van der Waals surface area contributed by atoms with Crippen LogP contribution in [0.15, 0.2) is 11.4 Å². The highest BCUT2D eigenvalue weighted by Crippen LogP contribution is 2.22. The lowest BCUT2D eigenvalue weighted by Gasteiger charge is -1.95. The van der Waals surface area contributed by atoms with Gasteiger partial charge in [0.05, 0.1) is 5.69 Å². The SMILES string of the molecule is CCCc1[nH]nc2c(SC)ncnc12. The van der Waals surface area contributed by atoms with Crippen LogP contribution < -0.4 is 0 Å². The lowest BCUT2D eigenvalue weighted by molar-refractivity contribution is 0.871. The predicted octanol–water partition coefficient (Wildman–Crippen LogP) is 2.03. The number of H-pyrrole nitrogens is 1. The van der Waals surface area contributed by atoms with Crippen molar-refractivity contribution in [2.75, 3.05) is 6.26 Å². The maximum absolute atomic E-state index is 4.25. The molecule has 14 heavy (non-hydrogen) atoms. The topological polar surface area (TPSA) is 54.5 Å². The second-order valence-electron chi connectivity index (χ2n) is 3.03. The quantitative estimate of drug-likeness (QED) is 0.619. The van der Waals surface area contributed by atoms with Gasteiger partial charge in [-0.3, -0.25) is 5.10 Å². The maximum atomic E-state index is 4.25.